The van der Waals surface area contributed by atoms with Crippen molar-refractivity contribution >= 4 is 23.1 Å². The number of fused-ring (bicyclic) bond motifs is 1. The number of nitrogens with zero attached hydrogens (tertiary/aromatic N) is 3. The van der Waals surface area contributed by atoms with Crippen molar-refractivity contribution in [3.8, 4) is 0 Å². The van der Waals surface area contributed by atoms with Crippen LogP contribution in [0.15, 0.2) is 18.3 Å². The predicted molar refractivity (Wildman–Crippen MR) is 66.6 cm³/mol. The largest absolute Gasteiger partial charge is 0.399 e. The van der Waals surface area contributed by atoms with E-state index >= 15 is 0 Å². The Morgan fingerprint density at radius 3 is 3.25 bits per heavy atom. The van der Waals surface area contributed by atoms with Crippen molar-refractivity contribution in [3.05, 3.63) is 24.2 Å². The van der Waals surface area contributed by atoms with Gasteiger partial charge in [0.25, 0.3) is 0 Å². The molecule has 0 saturated carbocycles. The summed E-state index contributed by atoms with van der Waals surface area (Å²) in [5.41, 5.74) is 7.29. The standard InChI is InChI=1S/C11H14N4S/c12-8-3-4-15-10(6-8)13-14-11(15)7-9-2-1-5-16-9/h3-4,6,9H,1-2,5,7,12H2. The van der Waals surface area contributed by atoms with Crippen LogP contribution in [0.5, 0.6) is 0 Å². The second kappa shape index (κ2) is 3.97. The SMILES string of the molecule is Nc1ccn2c(CC3CCCS3)nnc2c1. The first-order valence-corrected chi connectivity index (χ1v) is 6.58. The molecule has 84 valence electrons. The van der Waals surface area contributed by atoms with Crippen LogP contribution in [0.3, 0.4) is 0 Å². The highest BCUT2D eigenvalue weighted by atomic mass is 32.2. The molecule has 3 rings (SSSR count). The lowest BCUT2D eigenvalue weighted by Gasteiger charge is -2.06. The van der Waals surface area contributed by atoms with E-state index in [0.717, 1.165) is 23.6 Å². The first-order valence-electron chi connectivity index (χ1n) is 5.54. The van der Waals surface area contributed by atoms with E-state index in [1.165, 1.54) is 18.6 Å². The molecule has 1 aliphatic rings. The highest BCUT2D eigenvalue weighted by Crippen LogP contribution is 2.28. The third-order valence-electron chi connectivity index (χ3n) is 2.94. The van der Waals surface area contributed by atoms with Gasteiger partial charge in [-0.2, -0.15) is 11.8 Å². The van der Waals surface area contributed by atoms with Crippen molar-refractivity contribution in [2.45, 2.75) is 24.5 Å². The summed E-state index contributed by atoms with van der Waals surface area (Å²) < 4.78 is 2.04. The van der Waals surface area contributed by atoms with E-state index < -0.39 is 0 Å². The Balaban J connectivity index is 1.91. The zero-order chi connectivity index (χ0) is 11.0. The Morgan fingerprint density at radius 1 is 1.50 bits per heavy atom. The fourth-order valence-corrected chi connectivity index (χ4v) is 3.37. The maximum Gasteiger partial charge on any atom is 0.162 e. The van der Waals surface area contributed by atoms with Crippen LogP contribution < -0.4 is 5.73 Å². The van der Waals surface area contributed by atoms with Crippen molar-refractivity contribution in [1.29, 1.82) is 0 Å². The number of hydrogen-bond donors (Lipinski definition) is 1. The van der Waals surface area contributed by atoms with Gasteiger partial charge in [-0.25, -0.2) is 0 Å². The summed E-state index contributed by atoms with van der Waals surface area (Å²) >= 11 is 2.05. The zero-order valence-electron chi connectivity index (χ0n) is 8.97. The van der Waals surface area contributed by atoms with Crippen LogP contribution in [0.1, 0.15) is 18.7 Å². The number of hydrogen-bond acceptors (Lipinski definition) is 4. The number of rotatable bonds is 2. The highest BCUT2D eigenvalue weighted by Gasteiger charge is 2.18. The number of nitrogen functional groups attached to an aromatic ring is 1. The van der Waals surface area contributed by atoms with Crippen LogP contribution in [0.25, 0.3) is 5.65 Å². The van der Waals surface area contributed by atoms with Gasteiger partial charge >= 0.3 is 0 Å². The van der Waals surface area contributed by atoms with Crippen molar-refractivity contribution in [1.82, 2.24) is 14.6 Å². The van der Waals surface area contributed by atoms with Gasteiger partial charge in [-0.15, -0.1) is 10.2 Å². The summed E-state index contributed by atoms with van der Waals surface area (Å²) in [5.74, 6) is 2.34. The molecule has 2 aromatic rings. The van der Waals surface area contributed by atoms with E-state index in [4.69, 9.17) is 5.73 Å². The van der Waals surface area contributed by atoms with Crippen LogP contribution in [-0.2, 0) is 6.42 Å². The maximum absolute atomic E-state index is 5.71. The smallest absolute Gasteiger partial charge is 0.162 e. The number of pyridine rings is 1. The Hall–Kier alpha value is -1.23. The Kier molecular flexibility index (Phi) is 2.47. The Bertz CT molecular complexity index is 502. The van der Waals surface area contributed by atoms with E-state index in [1.54, 1.807) is 0 Å². The van der Waals surface area contributed by atoms with Gasteiger partial charge < -0.3 is 5.73 Å². The van der Waals surface area contributed by atoms with Crippen LogP contribution in [-0.4, -0.2) is 25.6 Å². The third kappa shape index (κ3) is 1.75. The molecule has 0 bridgehead atoms. The molecule has 0 aromatic carbocycles. The molecule has 1 aliphatic heterocycles. The van der Waals surface area contributed by atoms with Gasteiger partial charge in [0.15, 0.2) is 5.65 Å². The third-order valence-corrected chi connectivity index (χ3v) is 4.34. The van der Waals surface area contributed by atoms with Crippen LogP contribution in [0.2, 0.25) is 0 Å². The minimum atomic E-state index is 0.713. The Labute approximate surface area is 98.2 Å². The summed E-state index contributed by atoms with van der Waals surface area (Å²) in [6.45, 7) is 0. The molecular formula is C11H14N4S. The van der Waals surface area contributed by atoms with Crippen LogP contribution in [0.4, 0.5) is 5.69 Å². The molecule has 16 heavy (non-hydrogen) atoms. The lowest BCUT2D eigenvalue weighted by Crippen LogP contribution is -2.06. The molecule has 3 heterocycles. The molecule has 0 aliphatic carbocycles. The molecule has 1 atom stereocenters. The van der Waals surface area contributed by atoms with Crippen molar-refractivity contribution < 1.29 is 0 Å². The topological polar surface area (TPSA) is 56.2 Å². The number of nitrogens with two attached hydrogens (primary N) is 1. The first kappa shape index (κ1) is 9.96. The molecular weight excluding hydrogens is 220 g/mol. The number of aromatic nitrogens is 3. The highest BCUT2D eigenvalue weighted by molar-refractivity contribution is 8.00. The molecule has 4 nitrogen and oxygen atoms in total. The van der Waals surface area contributed by atoms with Gasteiger partial charge in [0.2, 0.25) is 0 Å². The fourth-order valence-electron chi connectivity index (χ4n) is 2.10. The van der Waals surface area contributed by atoms with E-state index in [0.29, 0.717) is 5.25 Å². The minimum absolute atomic E-state index is 0.713. The summed E-state index contributed by atoms with van der Waals surface area (Å²) in [6, 6.07) is 3.75. The van der Waals surface area contributed by atoms with E-state index in [-0.39, 0.29) is 0 Å². The van der Waals surface area contributed by atoms with E-state index in [1.807, 2.05) is 34.5 Å². The normalized spacial score (nSPS) is 20.6. The van der Waals surface area contributed by atoms with Crippen LogP contribution in [0, 0.1) is 0 Å². The van der Waals surface area contributed by atoms with Crippen molar-refractivity contribution in [3.63, 3.8) is 0 Å². The average molecular weight is 234 g/mol. The lowest BCUT2D eigenvalue weighted by atomic mass is 10.2. The van der Waals surface area contributed by atoms with Gasteiger partial charge in [0.05, 0.1) is 0 Å². The van der Waals surface area contributed by atoms with Gasteiger partial charge in [0, 0.05) is 29.6 Å². The molecule has 0 amide bonds. The summed E-state index contributed by atoms with van der Waals surface area (Å²) in [6.07, 6.45) is 5.60. The maximum atomic E-state index is 5.71. The quantitative estimate of drug-likeness (QED) is 0.860. The van der Waals surface area contributed by atoms with E-state index in [2.05, 4.69) is 10.2 Å². The number of anilines is 1. The molecule has 1 saturated heterocycles. The molecule has 0 radical (unpaired) electrons. The second-order valence-corrected chi connectivity index (χ2v) is 5.55. The zero-order valence-corrected chi connectivity index (χ0v) is 9.78. The summed E-state index contributed by atoms with van der Waals surface area (Å²) in [4.78, 5) is 0. The van der Waals surface area contributed by atoms with Gasteiger partial charge in [-0.3, -0.25) is 4.40 Å². The minimum Gasteiger partial charge on any atom is -0.399 e. The summed E-state index contributed by atoms with van der Waals surface area (Å²) in [7, 11) is 0. The molecule has 5 heteroatoms. The lowest BCUT2D eigenvalue weighted by molar-refractivity contribution is 0.738. The Morgan fingerprint density at radius 2 is 2.44 bits per heavy atom. The molecule has 2 aromatic heterocycles. The van der Waals surface area contributed by atoms with Gasteiger partial charge in [-0.1, -0.05) is 0 Å². The van der Waals surface area contributed by atoms with Crippen LogP contribution >= 0.6 is 11.8 Å². The fraction of sp³-hybridized carbons (Fsp3) is 0.455. The van der Waals surface area contributed by atoms with E-state index in [9.17, 15) is 0 Å². The molecule has 2 N–H and O–H groups in total. The molecule has 1 unspecified atom stereocenters. The predicted octanol–water partition coefficient (Wildman–Crippen LogP) is 1.75. The molecule has 0 spiro atoms. The van der Waals surface area contributed by atoms with Crippen molar-refractivity contribution in [2.75, 3.05) is 11.5 Å². The number of thioether (sulfide) groups is 1. The van der Waals surface area contributed by atoms with Gasteiger partial charge in [0.1, 0.15) is 5.82 Å². The monoisotopic (exact) mass is 234 g/mol. The first-order chi connectivity index (χ1) is 7.83. The molecule has 1 fully saturated rings. The average Bonchev–Trinajstić information content (AvgIpc) is 2.89. The summed E-state index contributed by atoms with van der Waals surface area (Å²) in [5, 5.41) is 9.10. The van der Waals surface area contributed by atoms with Gasteiger partial charge in [-0.05, 0) is 24.7 Å². The second-order valence-electron chi connectivity index (χ2n) is 4.14. The van der Waals surface area contributed by atoms with Crippen molar-refractivity contribution in [2.24, 2.45) is 0 Å².